The van der Waals surface area contributed by atoms with Gasteiger partial charge < -0.3 is 0 Å². The first-order valence-electron chi connectivity index (χ1n) is 5.23. The van der Waals surface area contributed by atoms with Gasteiger partial charge in [-0.3, -0.25) is 0 Å². The van der Waals surface area contributed by atoms with Crippen LogP contribution in [0.1, 0.15) is 11.1 Å². The van der Waals surface area contributed by atoms with E-state index in [1.807, 2.05) is 6.08 Å². The number of rotatable bonds is 4. The highest BCUT2D eigenvalue weighted by Crippen LogP contribution is 2.14. The van der Waals surface area contributed by atoms with Crippen LogP contribution >= 0.6 is 0 Å². The molecule has 1 aromatic carbocycles. The van der Waals surface area contributed by atoms with E-state index in [-0.39, 0.29) is 0 Å². The molecule has 0 N–H and O–H groups in total. The van der Waals surface area contributed by atoms with Gasteiger partial charge in [-0.25, -0.2) is 0 Å². The maximum atomic E-state index is 3.75. The summed E-state index contributed by atoms with van der Waals surface area (Å²) in [6, 6.07) is 10.1. The van der Waals surface area contributed by atoms with Crippen molar-refractivity contribution in [1.29, 1.82) is 0 Å². The van der Waals surface area contributed by atoms with Crippen LogP contribution in [0.5, 0.6) is 0 Å². The lowest BCUT2D eigenvalue weighted by Crippen LogP contribution is -2.19. The van der Waals surface area contributed by atoms with E-state index in [0.717, 1.165) is 0 Å². The van der Waals surface area contributed by atoms with Crippen molar-refractivity contribution < 1.29 is 0 Å². The topological polar surface area (TPSA) is 0 Å². The maximum Gasteiger partial charge on any atom is 0.0445 e. The molecule has 0 aliphatic heterocycles. The second-order valence-corrected chi connectivity index (χ2v) is 10.6. The minimum Gasteiger partial charge on any atom is -0.0985 e. The second-order valence-electron chi connectivity index (χ2n) is 5.01. The summed E-state index contributed by atoms with van der Waals surface area (Å²) in [5, 5.41) is 0. The van der Waals surface area contributed by atoms with Crippen molar-refractivity contribution in [2.45, 2.75) is 32.1 Å². The van der Waals surface area contributed by atoms with Crippen LogP contribution in [0.4, 0.5) is 0 Å². The summed E-state index contributed by atoms with van der Waals surface area (Å²) in [7, 11) is -0.882. The zero-order valence-corrected chi connectivity index (χ0v) is 10.5. The van der Waals surface area contributed by atoms with Crippen molar-refractivity contribution in [1.82, 2.24) is 0 Å². The van der Waals surface area contributed by atoms with Gasteiger partial charge >= 0.3 is 0 Å². The summed E-state index contributed by atoms with van der Waals surface area (Å²) in [5.74, 6) is 0. The van der Waals surface area contributed by atoms with Crippen molar-refractivity contribution in [3.05, 3.63) is 42.0 Å². The Kier molecular flexibility index (Phi) is 3.70. The Morgan fingerprint density at radius 1 is 1.14 bits per heavy atom. The molecule has 0 bridgehead atoms. The molecule has 76 valence electrons. The molecule has 0 radical (unpaired) electrons. The predicted molar refractivity (Wildman–Crippen MR) is 68.4 cm³/mol. The molecule has 0 unspecified atom stereocenters. The van der Waals surface area contributed by atoms with E-state index >= 15 is 0 Å². The van der Waals surface area contributed by atoms with Gasteiger partial charge in [0, 0.05) is 8.07 Å². The third-order valence-electron chi connectivity index (χ3n) is 2.38. The second kappa shape index (κ2) is 4.60. The molecular weight excluding hydrogens is 184 g/mol. The normalized spacial score (nSPS) is 11.4. The van der Waals surface area contributed by atoms with Crippen molar-refractivity contribution in [2.75, 3.05) is 0 Å². The summed E-state index contributed by atoms with van der Waals surface area (Å²) in [4.78, 5) is 0. The first-order valence-corrected chi connectivity index (χ1v) is 8.93. The average Bonchev–Trinajstić information content (AvgIpc) is 2.14. The molecule has 0 nitrogen and oxygen atoms in total. The molecule has 1 aromatic rings. The quantitative estimate of drug-likeness (QED) is 0.644. The summed E-state index contributed by atoms with van der Waals surface area (Å²) in [6.07, 6.45) is 3.12. The minimum atomic E-state index is -0.882. The molecule has 0 aliphatic carbocycles. The van der Waals surface area contributed by atoms with Crippen LogP contribution in [0.25, 0.3) is 6.08 Å². The van der Waals surface area contributed by atoms with E-state index in [9.17, 15) is 0 Å². The molecule has 0 aliphatic rings. The monoisotopic (exact) mass is 204 g/mol. The summed E-state index contributed by atoms with van der Waals surface area (Å²) in [6.45, 7) is 11.0. The highest BCUT2D eigenvalue weighted by Gasteiger charge is 2.12. The molecule has 0 heterocycles. The smallest absolute Gasteiger partial charge is 0.0445 e. The zero-order valence-electron chi connectivity index (χ0n) is 9.51. The molecule has 1 heteroatoms. The molecule has 0 fully saturated rings. The molecular formula is C13H20Si. The number of benzene rings is 1. The van der Waals surface area contributed by atoms with Gasteiger partial charge in [-0.2, -0.15) is 0 Å². The van der Waals surface area contributed by atoms with Gasteiger partial charge in [0.15, 0.2) is 0 Å². The van der Waals surface area contributed by atoms with E-state index in [0.29, 0.717) is 0 Å². The fraction of sp³-hybridized carbons (Fsp3) is 0.385. The number of hydrogen-bond acceptors (Lipinski definition) is 0. The fourth-order valence-corrected chi connectivity index (χ4v) is 2.38. The van der Waals surface area contributed by atoms with E-state index in [4.69, 9.17) is 0 Å². The minimum absolute atomic E-state index is 0.882. The van der Waals surface area contributed by atoms with Gasteiger partial charge in [-0.15, -0.1) is 0 Å². The van der Waals surface area contributed by atoms with E-state index in [1.165, 1.54) is 23.6 Å². The van der Waals surface area contributed by atoms with Crippen LogP contribution < -0.4 is 0 Å². The first kappa shape index (κ1) is 11.3. The fourth-order valence-electron chi connectivity index (χ4n) is 1.34. The Morgan fingerprint density at radius 2 is 1.71 bits per heavy atom. The lowest BCUT2D eigenvalue weighted by molar-refractivity contribution is 1.09. The Labute approximate surface area is 88.7 Å². The van der Waals surface area contributed by atoms with Crippen molar-refractivity contribution in [3.63, 3.8) is 0 Å². The van der Waals surface area contributed by atoms with Crippen molar-refractivity contribution in [2.24, 2.45) is 0 Å². The molecule has 0 amide bonds. The third kappa shape index (κ3) is 3.92. The lowest BCUT2D eigenvalue weighted by Gasteiger charge is -2.15. The summed E-state index contributed by atoms with van der Waals surface area (Å²) >= 11 is 0. The molecule has 14 heavy (non-hydrogen) atoms. The van der Waals surface area contributed by atoms with Gasteiger partial charge in [0.2, 0.25) is 0 Å². The largest absolute Gasteiger partial charge is 0.0985 e. The number of hydrogen-bond donors (Lipinski definition) is 0. The van der Waals surface area contributed by atoms with Crippen LogP contribution in [-0.2, 0) is 6.42 Å². The predicted octanol–water partition coefficient (Wildman–Crippen LogP) is 4.21. The van der Waals surface area contributed by atoms with E-state index in [2.05, 4.69) is 50.5 Å². The van der Waals surface area contributed by atoms with Gasteiger partial charge in [-0.1, -0.05) is 62.6 Å². The van der Waals surface area contributed by atoms with Gasteiger partial charge in [-0.05, 0) is 17.5 Å². The number of aryl methyl sites for hydroxylation is 1. The van der Waals surface area contributed by atoms with Crippen molar-refractivity contribution >= 4 is 14.1 Å². The van der Waals surface area contributed by atoms with Gasteiger partial charge in [0.05, 0.1) is 0 Å². The van der Waals surface area contributed by atoms with Crippen LogP contribution in [0.2, 0.25) is 25.7 Å². The highest BCUT2D eigenvalue weighted by molar-refractivity contribution is 6.76. The zero-order chi connectivity index (χ0) is 10.6. The Hall–Kier alpha value is -0.823. The lowest BCUT2D eigenvalue weighted by atomic mass is 10.1. The summed E-state index contributed by atoms with van der Waals surface area (Å²) < 4.78 is 0. The van der Waals surface area contributed by atoms with E-state index < -0.39 is 8.07 Å². The Morgan fingerprint density at radius 3 is 2.14 bits per heavy atom. The van der Waals surface area contributed by atoms with Crippen LogP contribution in [0.3, 0.4) is 0 Å². The molecule has 0 spiro atoms. The van der Waals surface area contributed by atoms with Crippen LogP contribution in [0, 0.1) is 0 Å². The van der Waals surface area contributed by atoms with Crippen molar-refractivity contribution in [3.8, 4) is 0 Å². The Bertz CT molecular complexity index is 290. The van der Waals surface area contributed by atoms with E-state index in [1.54, 1.807) is 0 Å². The summed E-state index contributed by atoms with van der Waals surface area (Å²) in [5.41, 5.74) is 2.67. The standard InChI is InChI=1S/C13H20Si/c1-5-12-6-8-13(9-7-12)10-11-14(2,3)4/h5-9H,1,10-11H2,2-4H3. The molecule has 1 rings (SSSR count). The van der Waals surface area contributed by atoms with Gasteiger partial charge in [0.25, 0.3) is 0 Å². The third-order valence-corrected chi connectivity index (χ3v) is 4.13. The first-order chi connectivity index (χ1) is 6.51. The van der Waals surface area contributed by atoms with Crippen LogP contribution in [0.15, 0.2) is 30.8 Å². The SMILES string of the molecule is C=Cc1ccc(CC[Si](C)(C)C)cc1. The van der Waals surface area contributed by atoms with Crippen LogP contribution in [-0.4, -0.2) is 8.07 Å². The molecule has 0 saturated heterocycles. The molecule has 0 aromatic heterocycles. The Balaban J connectivity index is 2.56. The molecule has 0 saturated carbocycles. The maximum absolute atomic E-state index is 3.75. The average molecular weight is 204 g/mol. The molecule has 0 atom stereocenters. The van der Waals surface area contributed by atoms with Gasteiger partial charge in [0.1, 0.15) is 0 Å². The highest BCUT2D eigenvalue weighted by atomic mass is 28.3.